The fraction of sp³-hybridized carbons (Fsp3) is 0.0417. The van der Waals surface area contributed by atoms with E-state index in [2.05, 4.69) is 0 Å². The zero-order chi connectivity index (χ0) is 20.0. The van der Waals surface area contributed by atoms with Gasteiger partial charge < -0.3 is 4.57 Å². The van der Waals surface area contributed by atoms with Crippen molar-refractivity contribution < 1.29 is 4.79 Å². The van der Waals surface area contributed by atoms with Gasteiger partial charge in [-0.25, -0.2) is 4.98 Å². The molecule has 5 rings (SSSR count). The highest BCUT2D eigenvalue weighted by Crippen LogP contribution is 2.31. The van der Waals surface area contributed by atoms with Gasteiger partial charge in [-0.3, -0.25) is 14.0 Å². The highest BCUT2D eigenvalue weighted by atomic mass is 16.1. The van der Waals surface area contributed by atoms with Gasteiger partial charge in [0.15, 0.2) is 0 Å². The van der Waals surface area contributed by atoms with Crippen LogP contribution in [0, 0.1) is 0 Å². The van der Waals surface area contributed by atoms with Gasteiger partial charge in [-0.1, -0.05) is 60.7 Å². The molecule has 0 amide bonds. The van der Waals surface area contributed by atoms with Crippen molar-refractivity contribution in [2.24, 2.45) is 7.05 Å². The van der Waals surface area contributed by atoms with Gasteiger partial charge >= 0.3 is 0 Å². The van der Waals surface area contributed by atoms with Crippen molar-refractivity contribution in [2.75, 3.05) is 0 Å². The largest absolute Gasteiger partial charge is 0.308 e. The molecule has 0 saturated heterocycles. The highest BCUT2D eigenvalue weighted by Gasteiger charge is 2.20. The number of rotatable bonds is 3. The fourth-order valence-electron chi connectivity index (χ4n) is 3.80. The van der Waals surface area contributed by atoms with Crippen LogP contribution in [0.2, 0.25) is 0 Å². The number of carbonyl (C=O) groups is 1. The van der Waals surface area contributed by atoms with Crippen LogP contribution in [0.15, 0.2) is 83.7 Å². The zero-order valence-electron chi connectivity index (χ0n) is 15.7. The van der Waals surface area contributed by atoms with Crippen molar-refractivity contribution in [3.05, 3.63) is 94.8 Å². The molecule has 0 saturated carbocycles. The molecule has 5 nitrogen and oxygen atoms in total. The molecule has 0 aliphatic carbocycles. The van der Waals surface area contributed by atoms with Gasteiger partial charge in [0.05, 0.1) is 11.0 Å². The average molecular weight is 379 g/mol. The van der Waals surface area contributed by atoms with Gasteiger partial charge in [-0.15, -0.1) is 0 Å². The van der Waals surface area contributed by atoms with E-state index in [9.17, 15) is 9.59 Å². The van der Waals surface area contributed by atoms with E-state index in [-0.39, 0.29) is 5.56 Å². The molecular formula is C24H17N3O2. The number of hydrogen-bond donors (Lipinski definition) is 0. The third-order valence-electron chi connectivity index (χ3n) is 5.20. The number of imidazole rings is 1. The van der Waals surface area contributed by atoms with Crippen LogP contribution in [0.3, 0.4) is 0 Å². The number of carbonyl (C=O) groups excluding carboxylic acids is 1. The zero-order valence-corrected chi connectivity index (χ0v) is 15.7. The average Bonchev–Trinajstić information content (AvgIpc) is 3.19. The monoisotopic (exact) mass is 379 g/mol. The smallest absolute Gasteiger partial charge is 0.277 e. The molecule has 2 aromatic heterocycles. The summed E-state index contributed by atoms with van der Waals surface area (Å²) in [6.07, 6.45) is 0.814. The maximum absolute atomic E-state index is 13.4. The highest BCUT2D eigenvalue weighted by molar-refractivity contribution is 5.89. The van der Waals surface area contributed by atoms with Gasteiger partial charge in [0, 0.05) is 23.7 Å². The molecule has 0 fully saturated rings. The molecule has 29 heavy (non-hydrogen) atoms. The van der Waals surface area contributed by atoms with Gasteiger partial charge in [0.25, 0.3) is 5.56 Å². The number of benzene rings is 3. The molecule has 5 heteroatoms. The Kier molecular flexibility index (Phi) is 3.88. The molecule has 0 unspecified atom stereocenters. The Bertz CT molecular complexity index is 1450. The number of aryl methyl sites for hydroxylation is 1. The van der Waals surface area contributed by atoms with Crippen molar-refractivity contribution in [1.82, 2.24) is 14.0 Å². The lowest BCUT2D eigenvalue weighted by atomic mass is 10.1. The normalized spacial score (nSPS) is 11.2. The Morgan fingerprint density at radius 1 is 0.828 bits per heavy atom. The van der Waals surface area contributed by atoms with E-state index in [1.54, 1.807) is 23.7 Å². The molecule has 2 heterocycles. The summed E-state index contributed by atoms with van der Waals surface area (Å²) < 4.78 is 3.56. The Morgan fingerprint density at radius 2 is 1.52 bits per heavy atom. The Balaban J connectivity index is 2.00. The van der Waals surface area contributed by atoms with E-state index in [1.165, 1.54) is 0 Å². The van der Waals surface area contributed by atoms with Crippen LogP contribution in [-0.4, -0.2) is 20.2 Å². The van der Waals surface area contributed by atoms with Crippen LogP contribution in [0.1, 0.15) is 10.4 Å². The summed E-state index contributed by atoms with van der Waals surface area (Å²) in [5, 5.41) is 0. The molecule has 0 radical (unpaired) electrons. The van der Waals surface area contributed by atoms with Crippen LogP contribution in [-0.2, 0) is 7.05 Å². The maximum Gasteiger partial charge on any atom is 0.277 e. The molecule has 140 valence electrons. The topological polar surface area (TPSA) is 56.4 Å². The second kappa shape index (κ2) is 6.56. The van der Waals surface area contributed by atoms with Crippen LogP contribution >= 0.6 is 0 Å². The maximum atomic E-state index is 13.4. The number of para-hydroxylation sites is 2. The van der Waals surface area contributed by atoms with Crippen molar-refractivity contribution in [3.63, 3.8) is 0 Å². The predicted octanol–water partition coefficient (Wildman–Crippen LogP) is 4.33. The molecule has 0 N–H and O–H groups in total. The van der Waals surface area contributed by atoms with Gasteiger partial charge in [0.2, 0.25) is 0 Å². The van der Waals surface area contributed by atoms with E-state index >= 15 is 0 Å². The summed E-state index contributed by atoms with van der Waals surface area (Å²) >= 11 is 0. The molecule has 0 spiro atoms. The molecule has 0 atom stereocenters. The van der Waals surface area contributed by atoms with Crippen LogP contribution in [0.4, 0.5) is 0 Å². The van der Waals surface area contributed by atoms with E-state index < -0.39 is 0 Å². The van der Waals surface area contributed by atoms with Crippen molar-refractivity contribution in [3.8, 4) is 22.6 Å². The predicted molar refractivity (Wildman–Crippen MR) is 114 cm³/mol. The van der Waals surface area contributed by atoms with E-state index in [0.29, 0.717) is 22.6 Å². The first kappa shape index (κ1) is 17.1. The lowest BCUT2D eigenvalue weighted by Gasteiger charge is -2.10. The van der Waals surface area contributed by atoms with Crippen LogP contribution < -0.4 is 5.56 Å². The number of nitrogens with zero attached hydrogens (tertiary/aromatic N) is 3. The summed E-state index contributed by atoms with van der Waals surface area (Å²) in [4.78, 5) is 29.6. The van der Waals surface area contributed by atoms with E-state index in [4.69, 9.17) is 4.98 Å². The van der Waals surface area contributed by atoms with Crippen molar-refractivity contribution >= 4 is 22.8 Å². The van der Waals surface area contributed by atoms with E-state index in [1.807, 2.05) is 71.1 Å². The first-order valence-electron chi connectivity index (χ1n) is 9.30. The van der Waals surface area contributed by atoms with Gasteiger partial charge in [-0.05, 0) is 18.2 Å². The minimum absolute atomic E-state index is 0.118. The summed E-state index contributed by atoms with van der Waals surface area (Å²) in [5.74, 6) is 0.636. The fourth-order valence-corrected chi connectivity index (χ4v) is 3.80. The SMILES string of the molecule is Cn1c(=O)c2c(-c3ccccc3)nc(-c3cccc(C=O)c3)n2c2ccccc21. The van der Waals surface area contributed by atoms with Crippen molar-refractivity contribution in [2.45, 2.75) is 0 Å². The molecule has 3 aromatic carbocycles. The molecular weight excluding hydrogens is 362 g/mol. The lowest BCUT2D eigenvalue weighted by Crippen LogP contribution is -2.20. The second-order valence-electron chi connectivity index (χ2n) is 6.93. The summed E-state index contributed by atoms with van der Waals surface area (Å²) in [6.45, 7) is 0. The Labute approximate surface area is 166 Å². The number of fused-ring (bicyclic) bond motifs is 3. The standard InChI is InChI=1S/C24H17N3O2/c1-26-19-12-5-6-13-20(19)27-22(24(26)29)21(17-9-3-2-4-10-17)25-23(27)18-11-7-8-16(14-18)15-28/h2-15H,1H3. The first-order chi connectivity index (χ1) is 14.2. The molecule has 0 aliphatic heterocycles. The number of aromatic nitrogens is 3. The summed E-state index contributed by atoms with van der Waals surface area (Å²) in [5.41, 5.74) is 4.94. The molecule has 0 bridgehead atoms. The summed E-state index contributed by atoms with van der Waals surface area (Å²) in [7, 11) is 1.78. The first-order valence-corrected chi connectivity index (χ1v) is 9.30. The second-order valence-corrected chi connectivity index (χ2v) is 6.93. The summed E-state index contributed by atoms with van der Waals surface area (Å²) in [6, 6.07) is 24.7. The molecule has 0 aliphatic rings. The third-order valence-corrected chi connectivity index (χ3v) is 5.20. The van der Waals surface area contributed by atoms with Gasteiger partial charge in [0.1, 0.15) is 23.3 Å². The third kappa shape index (κ3) is 2.59. The quantitative estimate of drug-likeness (QED) is 0.438. The Hall–Kier alpha value is -3.99. The van der Waals surface area contributed by atoms with Crippen LogP contribution in [0.5, 0.6) is 0 Å². The number of aldehydes is 1. The lowest BCUT2D eigenvalue weighted by molar-refractivity contribution is 0.112. The van der Waals surface area contributed by atoms with Crippen molar-refractivity contribution in [1.29, 1.82) is 0 Å². The number of hydrogen-bond acceptors (Lipinski definition) is 3. The van der Waals surface area contributed by atoms with E-state index in [0.717, 1.165) is 28.4 Å². The Morgan fingerprint density at radius 3 is 2.28 bits per heavy atom. The minimum Gasteiger partial charge on any atom is -0.308 e. The van der Waals surface area contributed by atoms with Crippen LogP contribution in [0.25, 0.3) is 39.2 Å². The molecule has 5 aromatic rings. The van der Waals surface area contributed by atoms with Gasteiger partial charge in [-0.2, -0.15) is 0 Å². The minimum atomic E-state index is -0.118.